The number of ether oxygens (including phenoxy) is 2. The molecule has 44 nitrogen and oxygen atoms in total. The molecule has 0 saturated carbocycles. The van der Waals surface area contributed by atoms with Crippen LogP contribution in [0.25, 0.3) is 10.9 Å². The maximum absolute atomic E-state index is 15.0. The van der Waals surface area contributed by atoms with Gasteiger partial charge in [-0.3, -0.25) is 91.1 Å². The first-order chi connectivity index (χ1) is 61.8. The quantitative estimate of drug-likeness (QED) is 0.00854. The lowest BCUT2D eigenvalue weighted by molar-refractivity contribution is -0.156. The van der Waals surface area contributed by atoms with Gasteiger partial charge in [0.25, 0.3) is 0 Å². The summed E-state index contributed by atoms with van der Waals surface area (Å²) in [5, 5.41) is 83.0. The Kier molecular flexibility index (Phi) is 42.7. The Morgan fingerprint density at radius 2 is 1.09 bits per heavy atom. The number of esters is 1. The number of aliphatic hydroxyl groups is 1. The third kappa shape index (κ3) is 35.8. The molecule has 0 spiro atoms. The van der Waals surface area contributed by atoms with E-state index in [0.29, 0.717) is 35.1 Å². The highest BCUT2D eigenvalue weighted by atomic mass is 16.5. The van der Waals surface area contributed by atoms with E-state index < -0.39 is 255 Å². The van der Waals surface area contributed by atoms with Crippen molar-refractivity contribution in [3.63, 3.8) is 0 Å². The van der Waals surface area contributed by atoms with Gasteiger partial charge in [0.05, 0.1) is 51.8 Å². The van der Waals surface area contributed by atoms with Crippen molar-refractivity contribution in [1.82, 2.24) is 79.4 Å². The molecule has 5 aromatic rings. The van der Waals surface area contributed by atoms with Crippen LogP contribution in [0, 0.1) is 5.92 Å². The first-order valence-electron chi connectivity index (χ1n) is 42.1. The molecule has 0 bridgehead atoms. The van der Waals surface area contributed by atoms with E-state index in [2.05, 4.69) is 75.7 Å². The summed E-state index contributed by atoms with van der Waals surface area (Å²) in [5.41, 5.74) is 14.1. The van der Waals surface area contributed by atoms with E-state index in [1.54, 1.807) is 54.7 Å². The number of para-hydroxylation sites is 2. The van der Waals surface area contributed by atoms with E-state index in [4.69, 9.17) is 20.9 Å². The molecule has 44 heteroatoms. The van der Waals surface area contributed by atoms with Crippen LogP contribution in [0.5, 0.6) is 5.75 Å². The number of carboxylic acid groups (broad SMARTS) is 4. The normalized spacial score (nSPS) is 20.0. The van der Waals surface area contributed by atoms with Crippen molar-refractivity contribution in [3.05, 3.63) is 132 Å². The van der Waals surface area contributed by atoms with Crippen LogP contribution in [0.1, 0.15) is 157 Å². The standard InChI is InChI=1S/C86H113N17O27/c1-5-6-7-8-9-10-14-27-67(107)95-58(34-51-41-90-56-25-18-16-22-53(51)56)80(122)98-59(36-66(88)106)81(123)100-62(39-73(116)117)82(124)103-75-48(4)130-86(128)63(35-65(105)54-23-15-17-24-55(54)87)101-85(127)74(46(2)33-70(110)111)102-83(125)64(44-104)96-69(109)42-91-77(119)60(37-71(112)113)97-76(118)47(3)93-79(121)61(38-72(114)115)99-78(120)57(94-68(108)43-92-84(75)126)26-19-32-89-40-49-28-30-52(31-29-49)129-45-50-20-12-11-13-21-50/h11-13,15-18,20-25,28-31,41,46-48,57-64,74-75,89-90,104H,5-10,14,19,26-27,32-40,42-45,87H2,1-4H3,(H2,88,106)(H,91,119)(H,92,126)(H,93,121)(H,94,108)(H,95,107)(H,96,109)(H,97,118)(H,98,122)(H,99,120)(H,100,123)(H,101,127)(H,102,125)(H,103,124)(H,110,111)(H,112,113)(H,114,115)(H,116,117)/t46-,47-,48?,57+,58+,59+,60+,61?,62+,63+,64-,74?,75?/m1/s1. The van der Waals surface area contributed by atoms with E-state index in [-0.39, 0.29) is 56.6 Å². The maximum Gasteiger partial charge on any atom is 0.329 e. The molecule has 130 heavy (non-hydrogen) atoms. The molecule has 4 aromatic carbocycles. The molecule has 14 amide bonds. The Labute approximate surface area is 745 Å². The number of aliphatic carboxylic acids is 4. The fourth-order valence-corrected chi connectivity index (χ4v) is 13.5. The molecule has 6 rings (SSSR count). The number of nitrogen functional groups attached to an aromatic ring is 1. The van der Waals surface area contributed by atoms with Gasteiger partial charge in [-0.15, -0.1) is 0 Å². The smallest absolute Gasteiger partial charge is 0.329 e. The number of cyclic esters (lactones) is 1. The highest BCUT2D eigenvalue weighted by molar-refractivity contribution is 6.05. The Balaban J connectivity index is 1.41. The minimum atomic E-state index is -2.47. The van der Waals surface area contributed by atoms with E-state index in [1.807, 2.05) is 41.0 Å². The van der Waals surface area contributed by atoms with E-state index in [9.17, 15) is 112 Å². The Hall–Kier alpha value is -14.5. The van der Waals surface area contributed by atoms with Gasteiger partial charge in [0, 0.05) is 54.2 Å². The average molecular weight is 1820 g/mol. The molecule has 1 aliphatic rings. The number of aromatic amines is 1. The molecule has 0 radical (unpaired) electrons. The summed E-state index contributed by atoms with van der Waals surface area (Å²) in [5.74, 6) is -29.2. The topological polar surface area (TPSA) is 697 Å². The second-order valence-electron chi connectivity index (χ2n) is 31.1. The number of rotatable bonds is 41. The van der Waals surface area contributed by atoms with Crippen LogP contribution in [0.15, 0.2) is 109 Å². The molecule has 4 unspecified atom stereocenters. The molecule has 1 aromatic heterocycles. The fourth-order valence-electron chi connectivity index (χ4n) is 13.5. The number of hydrogen-bond acceptors (Lipinski definition) is 25. The number of fused-ring (bicyclic) bond motifs is 1. The predicted octanol–water partition coefficient (Wildman–Crippen LogP) is -2.21. The third-order valence-electron chi connectivity index (χ3n) is 20.5. The Morgan fingerprint density at radius 1 is 0.531 bits per heavy atom. The van der Waals surface area contributed by atoms with Crippen molar-refractivity contribution < 1.29 is 131 Å². The number of H-pyrrole nitrogens is 1. The first kappa shape index (κ1) is 104. The summed E-state index contributed by atoms with van der Waals surface area (Å²) in [4.78, 5) is 280. The number of Topliss-reactive ketones (excluding diaryl/α,β-unsaturated/α-hetero) is 1. The van der Waals surface area contributed by atoms with Crippen molar-refractivity contribution in [1.29, 1.82) is 0 Å². The highest BCUT2D eigenvalue weighted by Crippen LogP contribution is 2.23. The number of aromatic nitrogens is 1. The first-order valence-corrected chi connectivity index (χ1v) is 42.1. The van der Waals surface area contributed by atoms with Crippen molar-refractivity contribution in [2.45, 2.75) is 223 Å². The lowest BCUT2D eigenvalue weighted by atomic mass is 9.96. The van der Waals surface area contributed by atoms with Gasteiger partial charge in [-0.25, -0.2) is 4.79 Å². The Morgan fingerprint density at radius 3 is 1.72 bits per heavy atom. The number of carbonyl (C=O) groups is 20. The van der Waals surface area contributed by atoms with E-state index in [1.165, 1.54) is 24.3 Å². The van der Waals surface area contributed by atoms with Crippen molar-refractivity contribution in [2.24, 2.45) is 11.7 Å². The number of carbonyl (C=O) groups excluding carboxylic acids is 16. The minimum absolute atomic E-state index is 0.0240. The van der Waals surface area contributed by atoms with Gasteiger partial charge in [-0.05, 0) is 92.6 Å². The number of hydrogen-bond donors (Lipinski definition) is 22. The number of amides is 14. The lowest BCUT2D eigenvalue weighted by Crippen LogP contribution is -2.62. The number of carboxylic acids is 4. The minimum Gasteiger partial charge on any atom is -0.489 e. The molecule has 2 heterocycles. The zero-order valence-electron chi connectivity index (χ0n) is 72.0. The molecule has 13 atom stereocenters. The second-order valence-corrected chi connectivity index (χ2v) is 31.1. The number of anilines is 1. The maximum atomic E-state index is 15.0. The van der Waals surface area contributed by atoms with Crippen LogP contribution < -0.4 is 90.6 Å². The van der Waals surface area contributed by atoms with E-state index >= 15 is 9.59 Å². The number of aliphatic hydroxyl groups excluding tert-OH is 1. The van der Waals surface area contributed by atoms with Crippen LogP contribution in [-0.2, 0) is 115 Å². The van der Waals surface area contributed by atoms with Gasteiger partial charge in [0.2, 0.25) is 82.7 Å². The lowest BCUT2D eigenvalue weighted by Gasteiger charge is -2.30. The summed E-state index contributed by atoms with van der Waals surface area (Å²) < 4.78 is 11.6. The molecular formula is C86H113N17O27. The van der Waals surface area contributed by atoms with Crippen LogP contribution >= 0.6 is 0 Å². The van der Waals surface area contributed by atoms with Gasteiger partial charge in [-0.1, -0.05) is 125 Å². The monoisotopic (exact) mass is 1820 g/mol. The number of benzene rings is 4. The molecule has 0 aliphatic carbocycles. The molecule has 1 fully saturated rings. The number of primary amides is 1. The van der Waals surface area contributed by atoms with Crippen LogP contribution in [-0.4, -0.2) is 248 Å². The number of nitrogens with two attached hydrogens (primary N) is 2. The van der Waals surface area contributed by atoms with Crippen LogP contribution in [0.4, 0.5) is 5.69 Å². The largest absolute Gasteiger partial charge is 0.489 e. The number of nitrogens with one attached hydrogen (secondary N) is 15. The average Bonchev–Trinajstić information content (AvgIpc) is 1.69. The van der Waals surface area contributed by atoms with Crippen LogP contribution in [0.2, 0.25) is 0 Å². The number of ketones is 1. The molecule has 1 saturated heterocycles. The highest BCUT2D eigenvalue weighted by Gasteiger charge is 2.41. The Bertz CT molecular complexity index is 4840. The van der Waals surface area contributed by atoms with Gasteiger partial charge < -0.3 is 126 Å². The molecule has 1 aliphatic heterocycles. The van der Waals surface area contributed by atoms with Crippen molar-refractivity contribution in [3.8, 4) is 5.75 Å². The van der Waals surface area contributed by atoms with Crippen molar-refractivity contribution in [2.75, 3.05) is 32.0 Å². The van der Waals surface area contributed by atoms with Gasteiger partial charge in [0.15, 0.2) is 5.78 Å². The molecular weight excluding hydrogens is 1700 g/mol. The van der Waals surface area contributed by atoms with Gasteiger partial charge >= 0.3 is 29.8 Å². The third-order valence-corrected chi connectivity index (χ3v) is 20.5. The fraction of sp³-hybridized carbons (Fsp3) is 0.465. The van der Waals surface area contributed by atoms with Crippen molar-refractivity contribution >= 4 is 135 Å². The zero-order chi connectivity index (χ0) is 95.7. The molecule has 704 valence electrons. The second kappa shape index (κ2) is 53.2. The summed E-state index contributed by atoms with van der Waals surface area (Å²) in [6.07, 6.45) is -2.36. The van der Waals surface area contributed by atoms with Gasteiger partial charge in [-0.2, -0.15) is 0 Å². The predicted molar refractivity (Wildman–Crippen MR) is 460 cm³/mol. The SMILES string of the molecule is CCCCCCCCCC(=O)N[C@@H](Cc1c[nH]c2ccccc12)C(=O)N[C@@H](CC(N)=O)C(=O)N[C@@H](CC(=O)O)C(=O)NC1C(=O)NCC(=O)N[C@@H](CCCNCc2ccc(OCc3ccccc3)cc2)C(=O)NC(CC(=O)O)C(=O)N[C@H](C)C(=O)N[C@@H](CC(=O)O)C(=O)NCC(=O)N[C@H](CO)C(=O)NC([C@H](C)CC(=O)O)C(=O)N[C@@H](CC(=O)c2ccccc2N)C(=O)OC1C. The van der Waals surface area contributed by atoms with Gasteiger partial charge in [0.1, 0.15) is 84.9 Å². The zero-order valence-corrected chi connectivity index (χ0v) is 72.0. The van der Waals surface area contributed by atoms with Crippen LogP contribution in [0.3, 0.4) is 0 Å². The summed E-state index contributed by atoms with van der Waals surface area (Å²) in [6, 6.07) is 5.63. The summed E-state index contributed by atoms with van der Waals surface area (Å²) in [6.45, 7) is 1.86. The molecule has 24 N–H and O–H groups in total. The summed E-state index contributed by atoms with van der Waals surface area (Å²) in [7, 11) is 0. The number of unbranched alkanes of at least 4 members (excludes halogenated alkanes) is 6. The van der Waals surface area contributed by atoms with E-state index in [0.717, 1.165) is 64.0 Å². The summed E-state index contributed by atoms with van der Waals surface area (Å²) >= 11 is 0.